The summed E-state index contributed by atoms with van der Waals surface area (Å²) in [6.45, 7) is 12.9. The maximum Gasteiger partial charge on any atom is 0.240 e. The first-order valence-corrected chi connectivity index (χ1v) is 13.8. The molecule has 1 atom stereocenters. The summed E-state index contributed by atoms with van der Waals surface area (Å²) in [6.07, 6.45) is 1.36. The number of primary amides is 1. The Balaban J connectivity index is 2.09. The number of pyridine rings is 1. The van der Waals surface area contributed by atoms with Gasteiger partial charge in [-0.05, 0) is 56.7 Å². The maximum absolute atomic E-state index is 12.5. The second-order valence-corrected chi connectivity index (χ2v) is 11.3. The molecule has 1 saturated heterocycles. The number of hydrogen-bond donors (Lipinski definition) is 2. The van der Waals surface area contributed by atoms with Gasteiger partial charge >= 0.3 is 0 Å². The molecule has 1 aromatic carbocycles. The van der Waals surface area contributed by atoms with Crippen molar-refractivity contribution < 1.29 is 13.2 Å². The van der Waals surface area contributed by atoms with Crippen molar-refractivity contribution in [3.05, 3.63) is 52.4 Å². The third kappa shape index (κ3) is 5.79. The van der Waals surface area contributed by atoms with Gasteiger partial charge in [-0.3, -0.25) is 4.79 Å². The number of sulfonamides is 1. The van der Waals surface area contributed by atoms with E-state index in [2.05, 4.69) is 32.5 Å². The largest absolute Gasteiger partial charge is 0.368 e. The highest BCUT2D eigenvalue weighted by Crippen LogP contribution is 2.42. The van der Waals surface area contributed by atoms with E-state index in [1.807, 2.05) is 6.92 Å². The molecule has 0 saturated carbocycles. The Bertz CT molecular complexity index is 1320. The van der Waals surface area contributed by atoms with E-state index in [4.69, 9.17) is 17.3 Å². The molecular formula is C24H29N7O3S2. The van der Waals surface area contributed by atoms with Gasteiger partial charge < -0.3 is 15.5 Å². The molecule has 1 aromatic heterocycles. The highest BCUT2D eigenvalue weighted by Gasteiger charge is 2.28. The van der Waals surface area contributed by atoms with Crippen LogP contribution in [0.5, 0.6) is 0 Å². The minimum Gasteiger partial charge on any atom is -0.368 e. The van der Waals surface area contributed by atoms with Crippen molar-refractivity contribution in [2.45, 2.75) is 34.9 Å². The predicted molar refractivity (Wildman–Crippen MR) is 139 cm³/mol. The van der Waals surface area contributed by atoms with E-state index in [0.29, 0.717) is 40.6 Å². The summed E-state index contributed by atoms with van der Waals surface area (Å²) in [5.74, 6) is -0.141. The van der Waals surface area contributed by atoms with Crippen molar-refractivity contribution in [1.82, 2.24) is 14.6 Å². The van der Waals surface area contributed by atoms with Crippen LogP contribution >= 0.6 is 11.8 Å². The molecule has 2 heterocycles. The summed E-state index contributed by atoms with van der Waals surface area (Å²) < 4.78 is 26.4. The highest BCUT2D eigenvalue weighted by molar-refractivity contribution is 8.00. The maximum atomic E-state index is 12.5. The second-order valence-electron chi connectivity index (χ2n) is 8.34. The summed E-state index contributed by atoms with van der Waals surface area (Å²) in [7, 11) is -0.269. The van der Waals surface area contributed by atoms with Crippen LogP contribution in [0.2, 0.25) is 0 Å². The standard InChI is InChI=1S/C24H29N7O3S2/c1-5-18-19(15-25)24(29-23(20(18)27-2)31-12-6-11-30(4)13-14-31)35-21(22(26)32)16-7-9-17(10-8-16)36(33,34)28-3/h7-10,21,28H,5-6,11-14H2,1,3-4H3,(H2,26,32). The summed E-state index contributed by atoms with van der Waals surface area (Å²) in [4.78, 5) is 25.3. The molecule has 3 rings (SSSR count). The average Bonchev–Trinajstić information content (AvgIpc) is 3.10. The second kappa shape index (κ2) is 11.7. The van der Waals surface area contributed by atoms with Crippen molar-refractivity contribution in [3.63, 3.8) is 0 Å². The van der Waals surface area contributed by atoms with Gasteiger partial charge in [-0.2, -0.15) is 5.26 Å². The van der Waals surface area contributed by atoms with Crippen LogP contribution in [0.15, 0.2) is 34.2 Å². The minimum atomic E-state index is -3.64. The lowest BCUT2D eigenvalue weighted by molar-refractivity contribution is -0.117. The topological polar surface area (TPSA) is 137 Å². The van der Waals surface area contributed by atoms with Gasteiger partial charge in [0.2, 0.25) is 21.6 Å². The molecule has 10 nitrogen and oxygen atoms in total. The third-order valence-electron chi connectivity index (χ3n) is 6.07. The summed E-state index contributed by atoms with van der Waals surface area (Å²) in [6, 6.07) is 8.03. The van der Waals surface area contributed by atoms with Gasteiger partial charge in [0.25, 0.3) is 0 Å². The van der Waals surface area contributed by atoms with Crippen molar-refractivity contribution in [2.24, 2.45) is 5.73 Å². The number of nitrogens with zero attached hydrogens (tertiary/aromatic N) is 5. The van der Waals surface area contributed by atoms with E-state index in [-0.39, 0.29) is 10.5 Å². The average molecular weight is 528 g/mol. The highest BCUT2D eigenvalue weighted by atomic mass is 32.2. The van der Waals surface area contributed by atoms with E-state index in [1.165, 1.54) is 31.3 Å². The first kappa shape index (κ1) is 27.4. The molecule has 0 bridgehead atoms. The van der Waals surface area contributed by atoms with Crippen molar-refractivity contribution in [2.75, 3.05) is 45.2 Å². The van der Waals surface area contributed by atoms with E-state index >= 15 is 0 Å². The van der Waals surface area contributed by atoms with Crippen LogP contribution in [0.4, 0.5) is 11.5 Å². The smallest absolute Gasteiger partial charge is 0.240 e. The number of benzene rings is 1. The van der Waals surface area contributed by atoms with Gasteiger partial charge in [0, 0.05) is 19.6 Å². The van der Waals surface area contributed by atoms with Crippen LogP contribution < -0.4 is 15.4 Å². The molecule has 0 aliphatic carbocycles. The minimum absolute atomic E-state index is 0.0564. The monoisotopic (exact) mass is 527 g/mol. The number of thioether (sulfide) groups is 1. The SMILES string of the molecule is [C-]#[N+]c1c(N2CCCN(C)CC2)nc(SC(C(N)=O)c2ccc(S(=O)(=O)NC)cc2)c(C#N)c1CC. The molecule has 1 aliphatic rings. The molecule has 1 unspecified atom stereocenters. The predicted octanol–water partition coefficient (Wildman–Crippen LogP) is 2.44. The molecule has 190 valence electrons. The van der Waals surface area contributed by atoms with Crippen LogP contribution in [-0.2, 0) is 21.2 Å². The third-order valence-corrected chi connectivity index (χ3v) is 8.76. The fourth-order valence-corrected chi connectivity index (χ4v) is 5.86. The number of amides is 1. The normalized spacial score (nSPS) is 15.5. The number of nitrogens with one attached hydrogen (secondary N) is 1. The van der Waals surface area contributed by atoms with Crippen molar-refractivity contribution in [1.29, 1.82) is 5.26 Å². The number of rotatable bonds is 8. The van der Waals surface area contributed by atoms with E-state index in [0.717, 1.165) is 37.8 Å². The van der Waals surface area contributed by atoms with Crippen LogP contribution in [0, 0.1) is 17.9 Å². The van der Waals surface area contributed by atoms with Crippen LogP contribution in [-0.4, -0.2) is 64.5 Å². The zero-order chi connectivity index (χ0) is 26.5. The van der Waals surface area contributed by atoms with Gasteiger partial charge in [-0.15, -0.1) is 0 Å². The van der Waals surface area contributed by atoms with Crippen LogP contribution in [0.1, 0.15) is 35.3 Å². The van der Waals surface area contributed by atoms with Crippen LogP contribution in [0.25, 0.3) is 4.85 Å². The first-order chi connectivity index (χ1) is 17.2. The van der Waals surface area contributed by atoms with E-state index in [1.54, 1.807) is 0 Å². The zero-order valence-electron chi connectivity index (χ0n) is 20.5. The number of carbonyl (C=O) groups is 1. The fraction of sp³-hybridized carbons (Fsp3) is 0.417. The Hall–Kier alpha value is -3.16. The van der Waals surface area contributed by atoms with E-state index in [9.17, 15) is 18.5 Å². The van der Waals surface area contributed by atoms with Gasteiger partial charge in [-0.25, -0.2) is 23.0 Å². The molecule has 2 aromatic rings. The number of nitriles is 1. The molecule has 0 spiro atoms. The number of carbonyl (C=O) groups excluding carboxylic acids is 1. The quantitative estimate of drug-likeness (QED) is 0.395. The molecular weight excluding hydrogens is 498 g/mol. The summed E-state index contributed by atoms with van der Waals surface area (Å²) >= 11 is 1.04. The van der Waals surface area contributed by atoms with Gasteiger partial charge in [0.15, 0.2) is 0 Å². The van der Waals surface area contributed by atoms with E-state index < -0.39 is 21.2 Å². The van der Waals surface area contributed by atoms with Crippen LogP contribution in [0.3, 0.4) is 0 Å². The van der Waals surface area contributed by atoms with Crippen molar-refractivity contribution in [3.8, 4) is 6.07 Å². The number of hydrogen-bond acceptors (Lipinski definition) is 8. The lowest BCUT2D eigenvalue weighted by atomic mass is 10.1. The zero-order valence-corrected chi connectivity index (χ0v) is 22.1. The Morgan fingerprint density at radius 2 is 2.00 bits per heavy atom. The number of anilines is 1. The van der Waals surface area contributed by atoms with Crippen molar-refractivity contribution >= 4 is 39.2 Å². The number of likely N-dealkylation sites (N-methyl/N-ethyl adjacent to an activating group) is 1. The summed E-state index contributed by atoms with van der Waals surface area (Å²) in [5.41, 5.74) is 7.43. The molecule has 0 radical (unpaired) electrons. The Morgan fingerprint density at radius 1 is 1.31 bits per heavy atom. The molecule has 1 aliphatic heterocycles. The molecule has 36 heavy (non-hydrogen) atoms. The van der Waals surface area contributed by atoms with Gasteiger partial charge in [-0.1, -0.05) is 30.8 Å². The van der Waals surface area contributed by atoms with Gasteiger partial charge in [0.05, 0.1) is 17.0 Å². The fourth-order valence-electron chi connectivity index (χ4n) is 4.07. The summed E-state index contributed by atoms with van der Waals surface area (Å²) in [5, 5.41) is 9.40. The Labute approximate surface area is 216 Å². The van der Waals surface area contributed by atoms with Gasteiger partial charge in [0.1, 0.15) is 22.2 Å². The first-order valence-electron chi connectivity index (χ1n) is 11.4. The molecule has 1 fully saturated rings. The molecule has 3 N–H and O–H groups in total. The lowest BCUT2D eigenvalue weighted by Gasteiger charge is -2.26. The Morgan fingerprint density at radius 3 is 2.56 bits per heavy atom. The number of nitrogens with two attached hydrogens (primary N) is 1. The lowest BCUT2D eigenvalue weighted by Crippen LogP contribution is -2.30. The molecule has 1 amide bonds. The molecule has 12 heteroatoms. The Kier molecular flexibility index (Phi) is 8.93. The number of aromatic nitrogens is 1.